The molecular weight excluding hydrogens is 350 g/mol. The van der Waals surface area contributed by atoms with Crippen molar-refractivity contribution in [3.63, 3.8) is 0 Å². The summed E-state index contributed by atoms with van der Waals surface area (Å²) < 4.78 is 28.7. The fraction of sp³-hybridized carbons (Fsp3) is 0.231. The van der Waals surface area contributed by atoms with E-state index in [1.807, 2.05) is 30.3 Å². The van der Waals surface area contributed by atoms with E-state index in [0.717, 1.165) is 30.4 Å². The van der Waals surface area contributed by atoms with Crippen LogP contribution >= 0.6 is 0 Å². The second kappa shape index (κ2) is 9.45. The zero-order valence-electron chi connectivity index (χ0n) is 16.5. The van der Waals surface area contributed by atoms with Crippen molar-refractivity contribution in [2.75, 3.05) is 0 Å². The molecule has 0 nitrogen and oxygen atoms in total. The van der Waals surface area contributed by atoms with E-state index in [2.05, 4.69) is 26.0 Å². The molecule has 0 spiro atoms. The number of hydrogen-bond donors (Lipinski definition) is 0. The Hall–Kier alpha value is -2.74. The molecule has 3 rings (SSSR count). The first-order valence-electron chi connectivity index (χ1n) is 9.86. The van der Waals surface area contributed by atoms with Gasteiger partial charge in [-0.25, -0.2) is 8.78 Å². The van der Waals surface area contributed by atoms with Gasteiger partial charge in [-0.05, 0) is 47.6 Å². The first kappa shape index (κ1) is 20.0. The zero-order chi connectivity index (χ0) is 19.9. The Morgan fingerprint density at radius 1 is 0.786 bits per heavy atom. The molecule has 0 aromatic heterocycles. The number of halogens is 2. The summed E-state index contributed by atoms with van der Waals surface area (Å²) in [6.45, 7) is 4.21. The van der Waals surface area contributed by atoms with Gasteiger partial charge in [0.2, 0.25) is 0 Å². The molecule has 1 unspecified atom stereocenters. The first-order valence-corrected chi connectivity index (χ1v) is 9.86. The molecule has 1 atom stereocenters. The Labute approximate surface area is 166 Å². The van der Waals surface area contributed by atoms with Crippen LogP contribution in [0.5, 0.6) is 0 Å². The highest BCUT2D eigenvalue weighted by Crippen LogP contribution is 2.23. The van der Waals surface area contributed by atoms with E-state index < -0.39 is 0 Å². The lowest BCUT2D eigenvalue weighted by atomic mass is 9.93. The third-order valence-electron chi connectivity index (χ3n) is 5.02. The van der Waals surface area contributed by atoms with Crippen molar-refractivity contribution in [2.24, 2.45) is 0 Å². The zero-order valence-corrected chi connectivity index (χ0v) is 16.5. The largest absolute Gasteiger partial charge is 0.206 e. The fourth-order valence-corrected chi connectivity index (χ4v) is 3.42. The molecule has 0 heterocycles. The van der Waals surface area contributed by atoms with Crippen LogP contribution in [-0.4, -0.2) is 0 Å². The van der Waals surface area contributed by atoms with Crippen molar-refractivity contribution in [1.29, 1.82) is 0 Å². The van der Waals surface area contributed by atoms with Gasteiger partial charge < -0.3 is 0 Å². The Morgan fingerprint density at radius 3 is 1.93 bits per heavy atom. The maximum Gasteiger partial charge on any atom is 0.130 e. The van der Waals surface area contributed by atoms with E-state index in [9.17, 15) is 8.78 Å². The molecule has 0 saturated heterocycles. The summed E-state index contributed by atoms with van der Waals surface area (Å²) in [6, 6.07) is 20.8. The predicted molar refractivity (Wildman–Crippen MR) is 114 cm³/mol. The molecule has 0 aliphatic heterocycles. The predicted octanol–water partition coefficient (Wildman–Crippen LogP) is 7.43. The van der Waals surface area contributed by atoms with E-state index in [1.54, 1.807) is 36.4 Å². The Balaban J connectivity index is 1.71. The summed E-state index contributed by atoms with van der Waals surface area (Å²) in [6.07, 6.45) is 5.89. The maximum atomic E-state index is 14.5. The SMILES string of the molecule is CCCc1ccc(/C=C/c2ccc(CC(C)c3ccccc3)cc2F)c(F)c1. The van der Waals surface area contributed by atoms with E-state index in [-0.39, 0.29) is 11.6 Å². The van der Waals surface area contributed by atoms with Crippen molar-refractivity contribution in [3.8, 4) is 0 Å². The van der Waals surface area contributed by atoms with E-state index in [0.29, 0.717) is 17.0 Å². The van der Waals surface area contributed by atoms with Gasteiger partial charge in [0.25, 0.3) is 0 Å². The molecule has 144 valence electrons. The minimum absolute atomic E-state index is 0.268. The molecule has 0 amide bonds. The van der Waals surface area contributed by atoms with Crippen LogP contribution in [-0.2, 0) is 12.8 Å². The summed E-state index contributed by atoms with van der Waals surface area (Å²) in [5.74, 6) is -0.231. The van der Waals surface area contributed by atoms with Crippen LogP contribution in [0, 0.1) is 11.6 Å². The lowest BCUT2D eigenvalue weighted by Crippen LogP contribution is -1.99. The Bertz CT molecular complexity index is 942. The quantitative estimate of drug-likeness (QED) is 0.376. The molecule has 0 bridgehead atoms. The average molecular weight is 376 g/mol. The van der Waals surface area contributed by atoms with Crippen molar-refractivity contribution in [2.45, 2.75) is 39.0 Å². The molecule has 2 heteroatoms. The van der Waals surface area contributed by atoms with Gasteiger partial charge in [-0.2, -0.15) is 0 Å². The standard InChI is InChI=1S/C26H26F2/c1-3-7-20-10-12-23(25(27)17-20)14-15-24-13-11-21(18-26(24)28)16-19(2)22-8-5-4-6-9-22/h4-6,8-15,17-19H,3,7,16H2,1-2H3/b15-14+. The van der Waals surface area contributed by atoms with Gasteiger partial charge in [0.15, 0.2) is 0 Å². The molecule has 0 aliphatic carbocycles. The minimum atomic E-state index is -0.281. The van der Waals surface area contributed by atoms with Crippen LogP contribution in [0.1, 0.15) is 54.0 Å². The summed E-state index contributed by atoms with van der Waals surface area (Å²) in [5, 5.41) is 0. The van der Waals surface area contributed by atoms with E-state index >= 15 is 0 Å². The summed E-state index contributed by atoms with van der Waals surface area (Å²) in [5.41, 5.74) is 4.13. The number of hydrogen-bond acceptors (Lipinski definition) is 0. The van der Waals surface area contributed by atoms with Gasteiger partial charge in [0.1, 0.15) is 11.6 Å². The van der Waals surface area contributed by atoms with Crippen LogP contribution in [0.2, 0.25) is 0 Å². The Morgan fingerprint density at radius 2 is 1.36 bits per heavy atom. The topological polar surface area (TPSA) is 0 Å². The Kier molecular flexibility index (Phi) is 6.76. The maximum absolute atomic E-state index is 14.5. The highest BCUT2D eigenvalue weighted by molar-refractivity contribution is 5.70. The highest BCUT2D eigenvalue weighted by Gasteiger charge is 2.08. The van der Waals surface area contributed by atoms with Crippen LogP contribution in [0.15, 0.2) is 66.7 Å². The molecule has 0 aliphatic rings. The van der Waals surface area contributed by atoms with Crippen molar-refractivity contribution in [3.05, 3.63) is 106 Å². The van der Waals surface area contributed by atoms with E-state index in [4.69, 9.17) is 0 Å². The fourth-order valence-electron chi connectivity index (χ4n) is 3.42. The van der Waals surface area contributed by atoms with Crippen molar-refractivity contribution in [1.82, 2.24) is 0 Å². The molecule has 3 aromatic rings. The van der Waals surface area contributed by atoms with Crippen LogP contribution < -0.4 is 0 Å². The van der Waals surface area contributed by atoms with Gasteiger partial charge in [0.05, 0.1) is 0 Å². The van der Waals surface area contributed by atoms with Gasteiger partial charge >= 0.3 is 0 Å². The summed E-state index contributed by atoms with van der Waals surface area (Å²) in [4.78, 5) is 0. The third-order valence-corrected chi connectivity index (χ3v) is 5.02. The van der Waals surface area contributed by atoms with Gasteiger partial charge in [-0.15, -0.1) is 0 Å². The van der Waals surface area contributed by atoms with Crippen LogP contribution in [0.25, 0.3) is 12.2 Å². The molecule has 0 fully saturated rings. The second-order valence-corrected chi connectivity index (χ2v) is 7.31. The van der Waals surface area contributed by atoms with Gasteiger partial charge in [0, 0.05) is 11.1 Å². The molecule has 0 N–H and O–H groups in total. The molecule has 3 aromatic carbocycles. The van der Waals surface area contributed by atoms with Crippen molar-refractivity contribution >= 4 is 12.2 Å². The molecule has 0 saturated carbocycles. The summed E-state index contributed by atoms with van der Waals surface area (Å²) in [7, 11) is 0. The molecular formula is C26H26F2. The second-order valence-electron chi connectivity index (χ2n) is 7.31. The average Bonchev–Trinajstić information content (AvgIpc) is 2.69. The smallest absolute Gasteiger partial charge is 0.130 e. The summed E-state index contributed by atoms with van der Waals surface area (Å²) >= 11 is 0. The number of aryl methyl sites for hydroxylation is 1. The number of rotatable bonds is 7. The molecule has 0 radical (unpaired) electrons. The minimum Gasteiger partial charge on any atom is -0.206 e. The van der Waals surface area contributed by atoms with Gasteiger partial charge in [-0.1, -0.05) is 87.0 Å². The molecule has 28 heavy (non-hydrogen) atoms. The van der Waals surface area contributed by atoms with Crippen molar-refractivity contribution < 1.29 is 8.78 Å². The van der Waals surface area contributed by atoms with E-state index in [1.165, 1.54) is 5.56 Å². The monoisotopic (exact) mass is 376 g/mol. The van der Waals surface area contributed by atoms with Crippen LogP contribution in [0.4, 0.5) is 8.78 Å². The lowest BCUT2D eigenvalue weighted by molar-refractivity contribution is 0.619. The highest BCUT2D eigenvalue weighted by atomic mass is 19.1. The van der Waals surface area contributed by atoms with Gasteiger partial charge in [-0.3, -0.25) is 0 Å². The van der Waals surface area contributed by atoms with Crippen LogP contribution in [0.3, 0.4) is 0 Å². The third kappa shape index (κ3) is 5.16. The first-order chi connectivity index (χ1) is 13.6. The lowest BCUT2D eigenvalue weighted by Gasteiger charge is -2.12. The normalized spacial score (nSPS) is 12.4. The number of benzene rings is 3.